The van der Waals surface area contributed by atoms with E-state index in [1.54, 1.807) is 0 Å². The number of aryl methyl sites for hydroxylation is 2. The quantitative estimate of drug-likeness (QED) is 0.816. The summed E-state index contributed by atoms with van der Waals surface area (Å²) in [5, 5.41) is 0. The van der Waals surface area contributed by atoms with Gasteiger partial charge in [0.15, 0.2) is 0 Å². The van der Waals surface area contributed by atoms with Crippen molar-refractivity contribution >= 4 is 23.0 Å². The number of anilines is 1. The van der Waals surface area contributed by atoms with Gasteiger partial charge in [-0.05, 0) is 57.0 Å². The molecule has 0 unspecified atom stereocenters. The average Bonchev–Trinajstić information content (AvgIpc) is 2.93. The van der Waals surface area contributed by atoms with E-state index in [-0.39, 0.29) is 18.0 Å². The van der Waals surface area contributed by atoms with E-state index >= 15 is 0 Å². The molecule has 2 atom stereocenters. The van der Waals surface area contributed by atoms with E-state index in [0.29, 0.717) is 25.6 Å². The predicted molar refractivity (Wildman–Crippen MR) is 112 cm³/mol. The van der Waals surface area contributed by atoms with Gasteiger partial charge in [0.25, 0.3) is 5.91 Å². The molecule has 2 aliphatic heterocycles. The highest BCUT2D eigenvalue weighted by molar-refractivity contribution is 6.54. The minimum Gasteiger partial charge on any atom is -0.378 e. The molecule has 2 aliphatic rings. The second-order valence-electron chi connectivity index (χ2n) is 7.87. The number of rotatable bonds is 3. The first kappa shape index (κ1) is 18.8. The molecule has 146 valence electrons. The molecule has 0 spiro atoms. The number of benzene rings is 2. The highest BCUT2D eigenvalue weighted by Crippen LogP contribution is 2.32. The molecule has 0 N–H and O–H groups in total. The molecule has 2 aromatic rings. The van der Waals surface area contributed by atoms with E-state index in [1.165, 1.54) is 11.1 Å². The zero-order valence-electron chi connectivity index (χ0n) is 17.0. The molecule has 0 aromatic heterocycles. The van der Waals surface area contributed by atoms with Gasteiger partial charge < -0.3 is 4.74 Å². The van der Waals surface area contributed by atoms with Gasteiger partial charge >= 0.3 is 0 Å². The van der Waals surface area contributed by atoms with E-state index < -0.39 is 0 Å². The number of amides is 1. The Morgan fingerprint density at radius 1 is 1.04 bits per heavy atom. The van der Waals surface area contributed by atoms with Crippen molar-refractivity contribution in [2.75, 3.05) is 24.8 Å². The number of para-hydroxylation sites is 1. The number of ether oxygens (including phenoxy) is 1. The fourth-order valence-corrected chi connectivity index (χ4v) is 3.91. The van der Waals surface area contributed by atoms with Crippen molar-refractivity contribution in [3.8, 4) is 0 Å². The van der Waals surface area contributed by atoms with Crippen LogP contribution in [0.1, 0.15) is 30.5 Å². The van der Waals surface area contributed by atoms with Gasteiger partial charge in [-0.1, -0.05) is 24.3 Å². The highest BCUT2D eigenvalue weighted by Gasteiger charge is 2.37. The van der Waals surface area contributed by atoms with Crippen LogP contribution in [0.5, 0.6) is 0 Å². The number of aliphatic imine (C=N–C) groups is 1. The Hall–Kier alpha value is -2.50. The van der Waals surface area contributed by atoms with Crippen molar-refractivity contribution in [1.29, 1.82) is 0 Å². The van der Waals surface area contributed by atoms with Gasteiger partial charge in [0.2, 0.25) is 0 Å². The minimum absolute atomic E-state index is 0.0367. The average molecular weight is 377 g/mol. The minimum atomic E-state index is -0.0367. The summed E-state index contributed by atoms with van der Waals surface area (Å²) in [5.74, 6) is -0.0367. The van der Waals surface area contributed by atoms with Crippen molar-refractivity contribution in [3.63, 3.8) is 0 Å². The molecule has 0 aliphatic carbocycles. The van der Waals surface area contributed by atoms with E-state index in [0.717, 1.165) is 16.9 Å². The molecule has 28 heavy (non-hydrogen) atoms. The number of nitrogens with zero attached hydrogens (tertiary/aromatic N) is 3. The number of carbonyl (C=O) groups excluding carboxylic acids is 1. The van der Waals surface area contributed by atoms with Crippen LogP contribution in [0.2, 0.25) is 0 Å². The van der Waals surface area contributed by atoms with E-state index in [2.05, 4.69) is 38.7 Å². The summed E-state index contributed by atoms with van der Waals surface area (Å²) in [6.07, 6.45) is 0. The molecule has 1 amide bonds. The second kappa shape index (κ2) is 7.49. The first-order valence-electron chi connectivity index (χ1n) is 9.86. The molecule has 0 radical (unpaired) electrons. The lowest BCUT2D eigenvalue weighted by Gasteiger charge is -2.40. The number of morpholine rings is 1. The molecule has 2 aromatic carbocycles. The lowest BCUT2D eigenvalue weighted by atomic mass is 10.1. The largest absolute Gasteiger partial charge is 0.378 e. The van der Waals surface area contributed by atoms with Crippen molar-refractivity contribution in [3.05, 3.63) is 59.2 Å². The van der Waals surface area contributed by atoms with Crippen LogP contribution in [0.3, 0.4) is 0 Å². The predicted octanol–water partition coefficient (Wildman–Crippen LogP) is 3.84. The Bertz CT molecular complexity index is 927. The third kappa shape index (κ3) is 3.36. The van der Waals surface area contributed by atoms with Crippen LogP contribution in [0.4, 0.5) is 11.4 Å². The first-order chi connectivity index (χ1) is 13.5. The molecule has 2 heterocycles. The molecule has 1 saturated heterocycles. The van der Waals surface area contributed by atoms with Crippen LogP contribution < -0.4 is 4.90 Å². The SMILES string of the molecule is Cc1ccc(N=C2C(=O)N(CN3[C@H](C)COC[C@@H]3C)c3ccccc32)cc1C. The molecule has 5 heteroatoms. The summed E-state index contributed by atoms with van der Waals surface area (Å²) < 4.78 is 5.64. The van der Waals surface area contributed by atoms with Gasteiger partial charge in [-0.25, -0.2) is 4.99 Å². The number of hydrogen-bond acceptors (Lipinski definition) is 4. The van der Waals surface area contributed by atoms with Gasteiger partial charge in [0.1, 0.15) is 5.71 Å². The van der Waals surface area contributed by atoms with E-state index in [1.807, 2.05) is 41.3 Å². The Labute approximate surface area is 166 Å². The van der Waals surface area contributed by atoms with Crippen LogP contribution in [-0.2, 0) is 9.53 Å². The standard InChI is InChI=1S/C23H27N3O2/c1-15-9-10-19(11-16(15)2)24-22-20-7-5-6-8-21(20)26(23(22)27)14-25-17(3)12-28-13-18(25)4/h5-11,17-18H,12-14H2,1-4H3/t17-,18+. The zero-order chi connectivity index (χ0) is 19.8. The monoisotopic (exact) mass is 377 g/mol. The summed E-state index contributed by atoms with van der Waals surface area (Å²) in [5.41, 5.74) is 5.57. The van der Waals surface area contributed by atoms with Crippen LogP contribution >= 0.6 is 0 Å². The number of carbonyl (C=O) groups is 1. The molecule has 1 fully saturated rings. The molecular weight excluding hydrogens is 350 g/mol. The topological polar surface area (TPSA) is 45.1 Å². The first-order valence-corrected chi connectivity index (χ1v) is 9.86. The van der Waals surface area contributed by atoms with Gasteiger partial charge in [-0.15, -0.1) is 0 Å². The number of fused-ring (bicyclic) bond motifs is 1. The van der Waals surface area contributed by atoms with Crippen LogP contribution in [-0.4, -0.2) is 48.5 Å². The van der Waals surface area contributed by atoms with Crippen LogP contribution in [0.15, 0.2) is 47.5 Å². The van der Waals surface area contributed by atoms with Crippen molar-refractivity contribution < 1.29 is 9.53 Å². The summed E-state index contributed by atoms with van der Waals surface area (Å²) in [6.45, 7) is 10.4. The number of hydrogen-bond donors (Lipinski definition) is 0. The summed E-state index contributed by atoms with van der Waals surface area (Å²) >= 11 is 0. The smallest absolute Gasteiger partial charge is 0.278 e. The maximum Gasteiger partial charge on any atom is 0.278 e. The van der Waals surface area contributed by atoms with Crippen LogP contribution in [0, 0.1) is 13.8 Å². The molecule has 5 nitrogen and oxygen atoms in total. The third-order valence-corrected chi connectivity index (χ3v) is 5.78. The molecule has 4 rings (SSSR count). The lowest BCUT2D eigenvalue weighted by Crippen LogP contribution is -2.54. The van der Waals surface area contributed by atoms with Gasteiger partial charge in [0.05, 0.1) is 31.3 Å². The third-order valence-electron chi connectivity index (χ3n) is 5.78. The maximum absolute atomic E-state index is 13.3. The van der Waals surface area contributed by atoms with Gasteiger partial charge in [0, 0.05) is 17.6 Å². The fourth-order valence-electron chi connectivity index (χ4n) is 3.91. The summed E-state index contributed by atoms with van der Waals surface area (Å²) in [4.78, 5) is 22.3. The van der Waals surface area contributed by atoms with Crippen molar-refractivity contribution in [1.82, 2.24) is 4.90 Å². The Kier molecular flexibility index (Phi) is 5.04. The van der Waals surface area contributed by atoms with Gasteiger partial charge in [-0.2, -0.15) is 0 Å². The zero-order valence-corrected chi connectivity index (χ0v) is 17.0. The molecular formula is C23H27N3O2. The Morgan fingerprint density at radius 2 is 1.75 bits per heavy atom. The summed E-state index contributed by atoms with van der Waals surface area (Å²) in [6, 6.07) is 14.5. The van der Waals surface area contributed by atoms with E-state index in [4.69, 9.17) is 9.73 Å². The second-order valence-corrected chi connectivity index (χ2v) is 7.87. The van der Waals surface area contributed by atoms with Crippen LogP contribution in [0.25, 0.3) is 0 Å². The van der Waals surface area contributed by atoms with E-state index in [9.17, 15) is 4.79 Å². The van der Waals surface area contributed by atoms with Crippen molar-refractivity contribution in [2.24, 2.45) is 4.99 Å². The maximum atomic E-state index is 13.3. The Morgan fingerprint density at radius 3 is 2.46 bits per heavy atom. The van der Waals surface area contributed by atoms with Crippen molar-refractivity contribution in [2.45, 2.75) is 39.8 Å². The fraction of sp³-hybridized carbons (Fsp3) is 0.391. The highest BCUT2D eigenvalue weighted by atomic mass is 16.5. The molecule has 0 saturated carbocycles. The van der Waals surface area contributed by atoms with Gasteiger partial charge in [-0.3, -0.25) is 14.6 Å². The Balaban J connectivity index is 1.70. The normalized spacial score (nSPS) is 24.1. The molecule has 0 bridgehead atoms. The lowest BCUT2D eigenvalue weighted by molar-refractivity contribution is -0.113. The summed E-state index contributed by atoms with van der Waals surface area (Å²) in [7, 11) is 0.